The molecule has 2 atom stereocenters. The molecule has 0 saturated heterocycles. The van der Waals surface area contributed by atoms with Crippen molar-refractivity contribution in [2.75, 3.05) is 6.61 Å². The van der Waals surface area contributed by atoms with Gasteiger partial charge in [0.2, 0.25) is 0 Å². The van der Waals surface area contributed by atoms with Gasteiger partial charge < -0.3 is 5.11 Å². The van der Waals surface area contributed by atoms with E-state index in [0.717, 1.165) is 18.3 Å². The highest BCUT2D eigenvalue weighted by Gasteiger charge is 2.71. The number of aromatic nitrogens is 2. The van der Waals surface area contributed by atoms with Gasteiger partial charge in [0.05, 0.1) is 11.2 Å². The molecule has 0 amide bonds. The lowest BCUT2D eigenvalue weighted by molar-refractivity contribution is -0.252. The van der Waals surface area contributed by atoms with Crippen molar-refractivity contribution in [3.8, 4) is 0 Å². The lowest BCUT2D eigenvalue weighted by atomic mass is 9.45. The summed E-state index contributed by atoms with van der Waals surface area (Å²) in [6, 6.07) is 8.23. The molecule has 31 heavy (non-hydrogen) atoms. The Morgan fingerprint density at radius 2 is 1.90 bits per heavy atom. The summed E-state index contributed by atoms with van der Waals surface area (Å²) in [5.41, 5.74) is -2.93. The molecule has 0 aliphatic heterocycles. The minimum absolute atomic E-state index is 0.0209. The summed E-state index contributed by atoms with van der Waals surface area (Å²) in [5.74, 6) is -0.694. The van der Waals surface area contributed by atoms with E-state index in [9.17, 15) is 22.7 Å². The van der Waals surface area contributed by atoms with Crippen LogP contribution in [0.5, 0.6) is 0 Å². The van der Waals surface area contributed by atoms with Crippen LogP contribution in [0.25, 0.3) is 11.0 Å². The summed E-state index contributed by atoms with van der Waals surface area (Å²) in [4.78, 5) is 12.5. The van der Waals surface area contributed by atoms with Crippen LogP contribution in [0.4, 0.5) is 23.2 Å². The van der Waals surface area contributed by atoms with E-state index in [1.54, 1.807) is 18.2 Å². The summed E-state index contributed by atoms with van der Waals surface area (Å²) < 4.78 is 57.7. The number of benzene rings is 2. The minimum atomic E-state index is -4.71. The molecule has 162 valence electrons. The predicted molar refractivity (Wildman–Crippen MR) is 110 cm³/mol. The van der Waals surface area contributed by atoms with Crippen LogP contribution >= 0.6 is 11.6 Å². The Labute approximate surface area is 180 Å². The fourth-order valence-corrected chi connectivity index (χ4v) is 4.84. The number of halogens is 5. The van der Waals surface area contributed by atoms with Crippen LogP contribution in [0.3, 0.4) is 0 Å². The molecular weight excluding hydrogens is 434 g/mol. The highest BCUT2D eigenvalue weighted by atomic mass is 35.5. The number of aliphatic imine (C=N–C) groups is 1. The lowest BCUT2D eigenvalue weighted by Crippen LogP contribution is -2.63. The number of nitrogens with zero attached hydrogens (tertiary/aromatic N) is 3. The molecule has 3 aromatic rings. The Bertz CT molecular complexity index is 1150. The number of aliphatic hydroxyl groups is 1. The van der Waals surface area contributed by atoms with E-state index < -0.39 is 29.4 Å². The summed E-state index contributed by atoms with van der Waals surface area (Å²) in [6.07, 6.45) is -1.34. The Balaban J connectivity index is 1.89. The number of aliphatic hydroxyl groups excluding tert-OH is 1. The van der Waals surface area contributed by atoms with E-state index in [2.05, 4.69) is 15.0 Å². The maximum absolute atomic E-state index is 14.6. The van der Waals surface area contributed by atoms with Gasteiger partial charge >= 0.3 is 6.18 Å². The Morgan fingerprint density at radius 1 is 1.13 bits per heavy atom. The summed E-state index contributed by atoms with van der Waals surface area (Å²) in [7, 11) is 0. The third-order valence-corrected chi connectivity index (χ3v) is 6.52. The van der Waals surface area contributed by atoms with Crippen LogP contribution in [0.2, 0.25) is 5.02 Å². The molecule has 1 saturated carbocycles. The van der Waals surface area contributed by atoms with Crippen LogP contribution in [-0.2, 0) is 5.41 Å². The van der Waals surface area contributed by atoms with Crippen LogP contribution < -0.4 is 0 Å². The second kappa shape index (κ2) is 7.84. The van der Waals surface area contributed by atoms with Gasteiger partial charge in [-0.15, -0.1) is 0 Å². The van der Waals surface area contributed by atoms with Crippen molar-refractivity contribution in [3.63, 3.8) is 0 Å². The second-order valence-electron chi connectivity index (χ2n) is 7.61. The van der Waals surface area contributed by atoms with Gasteiger partial charge in [0, 0.05) is 35.7 Å². The van der Waals surface area contributed by atoms with Gasteiger partial charge in [-0.25, -0.2) is 4.39 Å². The molecule has 1 aliphatic carbocycles. The van der Waals surface area contributed by atoms with Crippen molar-refractivity contribution >= 4 is 34.5 Å². The number of rotatable bonds is 5. The predicted octanol–water partition coefficient (Wildman–Crippen LogP) is 5.79. The topological polar surface area (TPSA) is 58.4 Å². The number of hydrogen-bond acceptors (Lipinski definition) is 4. The SMILES string of the molecule is OCCC1(c2cc(F)ccc2Cl)CCC1(C=Nc1cccc2nccnc12)C(F)(F)F. The zero-order chi connectivity index (χ0) is 22.3. The summed E-state index contributed by atoms with van der Waals surface area (Å²) in [5, 5.41) is 9.67. The van der Waals surface area contributed by atoms with E-state index in [4.69, 9.17) is 11.6 Å². The van der Waals surface area contributed by atoms with Crippen molar-refractivity contribution in [3.05, 3.63) is 65.2 Å². The van der Waals surface area contributed by atoms with Gasteiger partial charge in [-0.1, -0.05) is 17.7 Å². The number of hydrogen-bond donors (Lipinski definition) is 1. The van der Waals surface area contributed by atoms with E-state index in [1.165, 1.54) is 18.5 Å². The largest absolute Gasteiger partial charge is 0.400 e. The molecule has 1 aromatic heterocycles. The monoisotopic (exact) mass is 451 g/mol. The number of fused-ring (bicyclic) bond motifs is 1. The fraction of sp³-hybridized carbons (Fsp3) is 0.318. The van der Waals surface area contributed by atoms with Gasteiger partial charge in [-0.3, -0.25) is 15.0 Å². The molecule has 2 aromatic carbocycles. The molecule has 4 rings (SSSR count). The standard InChI is InChI=1S/C22H18ClF4N3O/c23-16-5-4-14(24)12-15(16)20(8-11-31)6-7-21(20,22(25,26)27)13-30-18-3-1-2-17-19(18)29-10-9-28-17/h1-5,9-10,12-13,31H,6-8,11H2. The average molecular weight is 452 g/mol. The Morgan fingerprint density at radius 3 is 2.58 bits per heavy atom. The Kier molecular flexibility index (Phi) is 5.47. The maximum Gasteiger partial charge on any atom is 0.400 e. The van der Waals surface area contributed by atoms with E-state index >= 15 is 0 Å². The highest BCUT2D eigenvalue weighted by molar-refractivity contribution is 6.31. The van der Waals surface area contributed by atoms with Crippen molar-refractivity contribution in [2.24, 2.45) is 10.4 Å². The summed E-state index contributed by atoms with van der Waals surface area (Å²) >= 11 is 6.22. The van der Waals surface area contributed by atoms with Crippen LogP contribution in [0, 0.1) is 11.2 Å². The lowest BCUT2D eigenvalue weighted by Gasteiger charge is -2.58. The van der Waals surface area contributed by atoms with Gasteiger partial charge in [-0.2, -0.15) is 13.2 Å². The van der Waals surface area contributed by atoms with Crippen molar-refractivity contribution < 1.29 is 22.7 Å². The first-order valence-corrected chi connectivity index (χ1v) is 10.00. The van der Waals surface area contributed by atoms with Crippen LogP contribution in [-0.4, -0.2) is 34.1 Å². The zero-order valence-corrected chi connectivity index (χ0v) is 17.0. The molecule has 2 unspecified atom stereocenters. The first kappa shape index (κ1) is 21.6. The second-order valence-corrected chi connectivity index (χ2v) is 8.02. The fourth-order valence-electron chi connectivity index (χ4n) is 4.54. The third-order valence-electron chi connectivity index (χ3n) is 6.19. The van der Waals surface area contributed by atoms with Crippen molar-refractivity contribution in [2.45, 2.75) is 30.9 Å². The first-order chi connectivity index (χ1) is 14.7. The molecule has 9 heteroatoms. The van der Waals surface area contributed by atoms with Crippen molar-refractivity contribution in [1.29, 1.82) is 0 Å². The van der Waals surface area contributed by atoms with Gasteiger partial charge in [0.25, 0.3) is 0 Å². The Hall–Kier alpha value is -2.58. The molecule has 1 aliphatic rings. The molecule has 4 nitrogen and oxygen atoms in total. The van der Waals surface area contributed by atoms with Crippen LogP contribution in [0.15, 0.2) is 53.8 Å². The van der Waals surface area contributed by atoms with E-state index in [0.29, 0.717) is 11.0 Å². The molecule has 0 radical (unpaired) electrons. The maximum atomic E-state index is 14.6. The molecule has 1 heterocycles. The smallest absolute Gasteiger partial charge is 0.396 e. The molecule has 1 N–H and O–H groups in total. The van der Waals surface area contributed by atoms with Gasteiger partial charge in [-0.05, 0) is 55.2 Å². The highest BCUT2D eigenvalue weighted by Crippen LogP contribution is 2.66. The van der Waals surface area contributed by atoms with E-state index in [-0.39, 0.29) is 35.5 Å². The zero-order valence-electron chi connectivity index (χ0n) is 16.2. The molecular formula is C22H18ClF4N3O. The average Bonchev–Trinajstić information content (AvgIpc) is 2.72. The number of alkyl halides is 3. The summed E-state index contributed by atoms with van der Waals surface area (Å²) in [6.45, 7) is -0.516. The molecule has 0 spiro atoms. The minimum Gasteiger partial charge on any atom is -0.396 e. The van der Waals surface area contributed by atoms with Gasteiger partial charge in [0.15, 0.2) is 0 Å². The molecule has 0 bridgehead atoms. The van der Waals surface area contributed by atoms with Crippen LogP contribution in [0.1, 0.15) is 24.8 Å². The first-order valence-electron chi connectivity index (χ1n) is 9.62. The van der Waals surface area contributed by atoms with E-state index in [1.807, 2.05) is 0 Å². The third kappa shape index (κ3) is 3.38. The molecule has 1 fully saturated rings. The number of para-hydroxylation sites is 1. The van der Waals surface area contributed by atoms with Gasteiger partial charge in [0.1, 0.15) is 16.7 Å². The quantitative estimate of drug-likeness (QED) is 0.394. The van der Waals surface area contributed by atoms with Crippen molar-refractivity contribution in [1.82, 2.24) is 9.97 Å². The normalized spacial score (nSPS) is 23.9.